The van der Waals surface area contributed by atoms with E-state index in [2.05, 4.69) is 4.99 Å². The van der Waals surface area contributed by atoms with Crippen LogP contribution in [0.15, 0.2) is 75.8 Å². The highest BCUT2D eigenvalue weighted by Crippen LogP contribution is 2.37. The zero-order valence-corrected chi connectivity index (χ0v) is 20.8. The van der Waals surface area contributed by atoms with E-state index in [-0.39, 0.29) is 12.2 Å². The van der Waals surface area contributed by atoms with Crippen molar-refractivity contribution in [2.24, 2.45) is 12.0 Å². The highest BCUT2D eigenvalue weighted by atomic mass is 32.1. The van der Waals surface area contributed by atoms with Crippen molar-refractivity contribution in [2.45, 2.75) is 19.9 Å². The standard InChI is InChI=1S/C27H25N3O4S/c1-5-34-26(32)23-16(2)28-27-30(25(31)22(35-27)15-17-9-8-14-29(17)3)24(23)20-12-13-21(33-4)19-11-7-6-10-18(19)20/h6-15,24H,5H2,1-4H3/b22-15-/t24-/m1/s1. The van der Waals surface area contributed by atoms with E-state index >= 15 is 0 Å². The molecule has 0 fully saturated rings. The van der Waals surface area contributed by atoms with Crippen molar-refractivity contribution < 1.29 is 14.3 Å². The number of methoxy groups -OCH3 is 1. The molecule has 0 spiro atoms. The Morgan fingerprint density at radius 2 is 1.91 bits per heavy atom. The summed E-state index contributed by atoms with van der Waals surface area (Å²) >= 11 is 1.32. The highest BCUT2D eigenvalue weighted by molar-refractivity contribution is 7.07. The van der Waals surface area contributed by atoms with Crippen LogP contribution in [0, 0.1) is 0 Å². The Morgan fingerprint density at radius 1 is 1.14 bits per heavy atom. The van der Waals surface area contributed by atoms with Gasteiger partial charge in [-0.05, 0) is 49.1 Å². The number of hydrogen-bond acceptors (Lipinski definition) is 6. The van der Waals surface area contributed by atoms with Crippen molar-refractivity contribution in [3.63, 3.8) is 0 Å². The Balaban J connectivity index is 1.83. The minimum Gasteiger partial charge on any atom is -0.496 e. The number of allylic oxidation sites excluding steroid dienone is 1. The van der Waals surface area contributed by atoms with Gasteiger partial charge in [0.05, 0.1) is 35.6 Å². The van der Waals surface area contributed by atoms with E-state index in [4.69, 9.17) is 9.47 Å². The molecule has 1 aliphatic heterocycles. The summed E-state index contributed by atoms with van der Waals surface area (Å²) in [6.45, 7) is 3.78. The molecule has 0 unspecified atom stereocenters. The third-order valence-electron chi connectivity index (χ3n) is 6.21. The van der Waals surface area contributed by atoms with Crippen molar-refractivity contribution in [3.8, 4) is 5.75 Å². The summed E-state index contributed by atoms with van der Waals surface area (Å²) in [6.07, 6.45) is 3.79. The van der Waals surface area contributed by atoms with E-state index in [1.807, 2.05) is 72.4 Å². The number of aryl methyl sites for hydroxylation is 1. The highest BCUT2D eigenvalue weighted by Gasteiger charge is 2.34. The molecule has 7 nitrogen and oxygen atoms in total. The van der Waals surface area contributed by atoms with E-state index in [1.165, 1.54) is 11.3 Å². The van der Waals surface area contributed by atoms with Gasteiger partial charge in [-0.15, -0.1) is 0 Å². The summed E-state index contributed by atoms with van der Waals surface area (Å²) < 4.78 is 15.1. The molecule has 2 aromatic heterocycles. The number of esters is 1. The molecule has 35 heavy (non-hydrogen) atoms. The Labute approximate surface area is 205 Å². The zero-order chi connectivity index (χ0) is 24.7. The summed E-state index contributed by atoms with van der Waals surface area (Å²) in [4.78, 5) is 32.2. The number of aromatic nitrogens is 2. The van der Waals surface area contributed by atoms with Gasteiger partial charge in [-0.25, -0.2) is 9.79 Å². The molecule has 0 amide bonds. The van der Waals surface area contributed by atoms with Gasteiger partial charge in [0, 0.05) is 24.3 Å². The monoisotopic (exact) mass is 487 g/mol. The van der Waals surface area contributed by atoms with Crippen LogP contribution < -0.4 is 19.6 Å². The third kappa shape index (κ3) is 3.80. The molecule has 0 radical (unpaired) electrons. The van der Waals surface area contributed by atoms with Gasteiger partial charge in [0.1, 0.15) is 5.75 Å². The molecule has 8 heteroatoms. The van der Waals surface area contributed by atoms with Crippen LogP contribution in [0.2, 0.25) is 0 Å². The molecule has 1 aliphatic rings. The van der Waals surface area contributed by atoms with Crippen LogP contribution in [0.3, 0.4) is 0 Å². The first kappa shape index (κ1) is 22.9. The number of benzene rings is 2. The largest absolute Gasteiger partial charge is 0.496 e. The predicted octanol–water partition coefficient (Wildman–Crippen LogP) is 3.30. The minimum absolute atomic E-state index is 0.200. The fourth-order valence-electron chi connectivity index (χ4n) is 4.56. The molecule has 0 bridgehead atoms. The van der Waals surface area contributed by atoms with Crippen LogP contribution in [0.4, 0.5) is 0 Å². The van der Waals surface area contributed by atoms with Gasteiger partial charge in [-0.2, -0.15) is 0 Å². The van der Waals surface area contributed by atoms with Gasteiger partial charge in [0.25, 0.3) is 5.56 Å². The average Bonchev–Trinajstić information content (AvgIpc) is 3.39. The van der Waals surface area contributed by atoms with E-state index in [1.54, 1.807) is 25.5 Å². The lowest BCUT2D eigenvalue weighted by atomic mass is 9.91. The molecule has 2 aromatic carbocycles. The number of carbonyl (C=O) groups is 1. The SMILES string of the molecule is CCOC(=O)C1=C(C)N=c2s/c(=C\c3cccn3C)c(=O)n2[C@@H]1c1ccc(OC)c2ccccc12. The summed E-state index contributed by atoms with van der Waals surface area (Å²) in [5.74, 6) is 0.245. The van der Waals surface area contributed by atoms with Crippen LogP contribution in [0.5, 0.6) is 5.75 Å². The maximum absolute atomic E-state index is 13.8. The summed E-state index contributed by atoms with van der Waals surface area (Å²) in [5, 5.41) is 1.79. The average molecular weight is 488 g/mol. The Hall–Kier alpha value is -3.91. The number of ether oxygens (including phenoxy) is 2. The van der Waals surface area contributed by atoms with Crippen molar-refractivity contribution >= 4 is 34.2 Å². The molecule has 1 atom stereocenters. The number of thiazole rings is 1. The van der Waals surface area contributed by atoms with Gasteiger partial charge in [-0.3, -0.25) is 9.36 Å². The lowest BCUT2D eigenvalue weighted by molar-refractivity contribution is -0.139. The fraction of sp³-hybridized carbons (Fsp3) is 0.222. The molecule has 5 rings (SSSR count). The van der Waals surface area contributed by atoms with Crippen LogP contribution in [0.1, 0.15) is 31.1 Å². The minimum atomic E-state index is -0.684. The first-order valence-electron chi connectivity index (χ1n) is 11.3. The molecule has 0 N–H and O–H groups in total. The number of carbonyl (C=O) groups excluding carboxylic acids is 1. The predicted molar refractivity (Wildman–Crippen MR) is 136 cm³/mol. The maximum atomic E-state index is 13.8. The Morgan fingerprint density at radius 3 is 2.60 bits per heavy atom. The van der Waals surface area contributed by atoms with Crippen LogP contribution in [0.25, 0.3) is 16.8 Å². The van der Waals surface area contributed by atoms with Gasteiger partial charge in [0.2, 0.25) is 0 Å². The number of fused-ring (bicyclic) bond motifs is 2. The second kappa shape index (κ2) is 9.03. The van der Waals surface area contributed by atoms with Gasteiger partial charge >= 0.3 is 5.97 Å². The molecule has 0 aliphatic carbocycles. The number of hydrogen-bond donors (Lipinski definition) is 0. The van der Waals surface area contributed by atoms with Gasteiger partial charge < -0.3 is 14.0 Å². The van der Waals surface area contributed by atoms with Crippen molar-refractivity contribution in [1.29, 1.82) is 0 Å². The maximum Gasteiger partial charge on any atom is 0.338 e. The van der Waals surface area contributed by atoms with Gasteiger partial charge in [0.15, 0.2) is 4.80 Å². The van der Waals surface area contributed by atoms with Crippen molar-refractivity contribution in [2.75, 3.05) is 13.7 Å². The normalized spacial score (nSPS) is 15.8. The van der Waals surface area contributed by atoms with Crippen molar-refractivity contribution in [1.82, 2.24) is 9.13 Å². The third-order valence-corrected chi connectivity index (χ3v) is 7.20. The quantitative estimate of drug-likeness (QED) is 0.405. The number of rotatable bonds is 5. The van der Waals surface area contributed by atoms with Crippen LogP contribution in [-0.2, 0) is 16.6 Å². The Kier molecular flexibility index (Phi) is 5.90. The second-order valence-corrected chi connectivity index (χ2v) is 9.26. The molecule has 178 valence electrons. The van der Waals surface area contributed by atoms with E-state index in [9.17, 15) is 9.59 Å². The molecular weight excluding hydrogens is 462 g/mol. The number of nitrogens with zero attached hydrogens (tertiary/aromatic N) is 3. The summed E-state index contributed by atoms with van der Waals surface area (Å²) in [7, 11) is 3.56. The fourth-order valence-corrected chi connectivity index (χ4v) is 5.59. The van der Waals surface area contributed by atoms with E-state index in [0.29, 0.717) is 20.6 Å². The van der Waals surface area contributed by atoms with E-state index in [0.717, 1.165) is 27.8 Å². The molecule has 0 saturated heterocycles. The van der Waals surface area contributed by atoms with Crippen molar-refractivity contribution in [3.05, 3.63) is 96.9 Å². The smallest absolute Gasteiger partial charge is 0.338 e. The molecule has 0 saturated carbocycles. The summed E-state index contributed by atoms with van der Waals surface area (Å²) in [5.41, 5.74) is 2.42. The molecular formula is C27H25N3O4S. The zero-order valence-electron chi connectivity index (χ0n) is 19.9. The topological polar surface area (TPSA) is 74.8 Å². The lowest BCUT2D eigenvalue weighted by Gasteiger charge is -2.26. The molecule has 4 aromatic rings. The molecule has 3 heterocycles. The van der Waals surface area contributed by atoms with E-state index < -0.39 is 12.0 Å². The lowest BCUT2D eigenvalue weighted by Crippen LogP contribution is -2.40. The van der Waals surface area contributed by atoms with Gasteiger partial charge in [-0.1, -0.05) is 41.7 Å². The Bertz CT molecular complexity index is 1670. The second-order valence-electron chi connectivity index (χ2n) is 8.25. The van der Waals surface area contributed by atoms with Crippen LogP contribution in [-0.4, -0.2) is 28.8 Å². The summed E-state index contributed by atoms with van der Waals surface area (Å²) in [6, 6.07) is 14.8. The first-order valence-corrected chi connectivity index (χ1v) is 12.1. The first-order chi connectivity index (χ1) is 16.9. The van der Waals surface area contributed by atoms with Crippen LogP contribution >= 0.6 is 11.3 Å².